The number of anilines is 1. The summed E-state index contributed by atoms with van der Waals surface area (Å²) >= 11 is 0. The molecule has 0 saturated heterocycles. The number of rotatable bonds is 6. The molecule has 0 spiro atoms. The number of nitrogens with one attached hydrogen (secondary N) is 2. The Morgan fingerprint density at radius 1 is 0.839 bits per heavy atom. The van der Waals surface area contributed by atoms with Gasteiger partial charge in [0.1, 0.15) is 0 Å². The lowest BCUT2D eigenvalue weighted by molar-refractivity contribution is 0.0931. The second-order valence-corrected chi connectivity index (χ2v) is 8.99. The summed E-state index contributed by atoms with van der Waals surface area (Å²) in [5.41, 5.74) is 4.40. The van der Waals surface area contributed by atoms with E-state index in [2.05, 4.69) is 47.9 Å². The van der Waals surface area contributed by atoms with Gasteiger partial charge in [0.05, 0.1) is 0 Å². The van der Waals surface area contributed by atoms with Gasteiger partial charge in [-0.25, -0.2) is 0 Å². The van der Waals surface area contributed by atoms with Crippen LogP contribution in [0.25, 0.3) is 0 Å². The standard InChI is InChI=1S/C28H40N2O/c1-2-24-16-12-13-20-27(24)29-22-23-15-14-17-25(21-23)28(31)30-26-18-10-8-6-4-3-5-7-9-11-19-26/h12-17,20-21,26,29H,2-11,18-19,22H2,1H3,(H,30,31). The average Bonchev–Trinajstić information content (AvgIpc) is 2.79. The van der Waals surface area contributed by atoms with Crippen LogP contribution in [0.1, 0.15) is 99.0 Å². The zero-order chi connectivity index (χ0) is 21.7. The first kappa shape index (κ1) is 23.4. The lowest BCUT2D eigenvalue weighted by Crippen LogP contribution is -2.35. The van der Waals surface area contributed by atoms with Crippen LogP contribution in [0, 0.1) is 0 Å². The van der Waals surface area contributed by atoms with Crippen molar-refractivity contribution in [2.24, 2.45) is 0 Å². The van der Waals surface area contributed by atoms with E-state index in [1.807, 2.05) is 18.2 Å². The molecule has 0 unspecified atom stereocenters. The van der Waals surface area contributed by atoms with E-state index in [1.54, 1.807) is 0 Å². The Balaban J connectivity index is 1.56. The molecule has 0 bridgehead atoms. The van der Waals surface area contributed by atoms with Gasteiger partial charge < -0.3 is 10.6 Å². The van der Waals surface area contributed by atoms with Crippen LogP contribution < -0.4 is 10.6 Å². The molecule has 2 aromatic rings. The van der Waals surface area contributed by atoms with Crippen molar-refractivity contribution in [3.05, 3.63) is 65.2 Å². The molecule has 1 aliphatic carbocycles. The predicted octanol–water partition coefficient (Wildman–Crippen LogP) is 7.26. The summed E-state index contributed by atoms with van der Waals surface area (Å²) in [5, 5.41) is 6.88. The van der Waals surface area contributed by atoms with E-state index in [-0.39, 0.29) is 5.91 Å². The number of hydrogen-bond acceptors (Lipinski definition) is 2. The molecule has 1 fully saturated rings. The van der Waals surface area contributed by atoms with Crippen molar-refractivity contribution in [1.29, 1.82) is 0 Å². The highest BCUT2D eigenvalue weighted by molar-refractivity contribution is 5.94. The van der Waals surface area contributed by atoms with Gasteiger partial charge in [0.2, 0.25) is 0 Å². The van der Waals surface area contributed by atoms with Gasteiger partial charge in [-0.2, -0.15) is 0 Å². The molecule has 0 aliphatic heterocycles. The van der Waals surface area contributed by atoms with Gasteiger partial charge in [0.15, 0.2) is 0 Å². The zero-order valence-electron chi connectivity index (χ0n) is 19.3. The molecule has 0 atom stereocenters. The molecule has 31 heavy (non-hydrogen) atoms. The lowest BCUT2D eigenvalue weighted by Gasteiger charge is -2.20. The Bertz CT molecular complexity index is 789. The minimum atomic E-state index is 0.0768. The molecule has 3 rings (SSSR count). The van der Waals surface area contributed by atoms with E-state index < -0.39 is 0 Å². The van der Waals surface area contributed by atoms with E-state index in [1.165, 1.54) is 69.0 Å². The summed E-state index contributed by atoms with van der Waals surface area (Å²) in [6.45, 7) is 2.90. The lowest BCUT2D eigenvalue weighted by atomic mass is 9.97. The summed E-state index contributed by atoms with van der Waals surface area (Å²) in [6, 6.07) is 16.8. The highest BCUT2D eigenvalue weighted by atomic mass is 16.1. The van der Waals surface area contributed by atoms with Crippen LogP contribution in [0.3, 0.4) is 0 Å². The third-order valence-corrected chi connectivity index (χ3v) is 6.51. The number of aryl methyl sites for hydroxylation is 1. The highest BCUT2D eigenvalue weighted by Gasteiger charge is 2.14. The molecular formula is C28H40N2O. The van der Waals surface area contributed by atoms with Crippen molar-refractivity contribution < 1.29 is 4.79 Å². The summed E-state index contributed by atoms with van der Waals surface area (Å²) in [5.74, 6) is 0.0768. The molecule has 0 heterocycles. The summed E-state index contributed by atoms with van der Waals surface area (Å²) in [7, 11) is 0. The maximum atomic E-state index is 13.0. The Hall–Kier alpha value is -2.29. The Labute approximate surface area is 189 Å². The molecule has 0 aromatic heterocycles. The molecule has 3 nitrogen and oxygen atoms in total. The maximum absolute atomic E-state index is 13.0. The highest BCUT2D eigenvalue weighted by Crippen LogP contribution is 2.19. The van der Waals surface area contributed by atoms with Crippen molar-refractivity contribution in [3.63, 3.8) is 0 Å². The largest absolute Gasteiger partial charge is 0.381 e. The summed E-state index contributed by atoms with van der Waals surface area (Å²) < 4.78 is 0. The van der Waals surface area contributed by atoms with Gasteiger partial charge in [0.25, 0.3) is 5.91 Å². The smallest absolute Gasteiger partial charge is 0.251 e. The van der Waals surface area contributed by atoms with Crippen LogP contribution >= 0.6 is 0 Å². The fourth-order valence-electron chi connectivity index (χ4n) is 4.60. The monoisotopic (exact) mass is 420 g/mol. The van der Waals surface area contributed by atoms with Crippen molar-refractivity contribution >= 4 is 11.6 Å². The van der Waals surface area contributed by atoms with Gasteiger partial charge in [-0.05, 0) is 48.6 Å². The van der Waals surface area contributed by atoms with Crippen LogP contribution in [0.4, 0.5) is 5.69 Å². The first-order valence-electron chi connectivity index (χ1n) is 12.5. The first-order chi connectivity index (χ1) is 15.3. The molecule has 0 radical (unpaired) electrons. The molecule has 1 aliphatic rings. The van der Waals surface area contributed by atoms with Gasteiger partial charge in [-0.3, -0.25) is 4.79 Å². The normalized spacial score (nSPS) is 16.7. The Morgan fingerprint density at radius 3 is 2.16 bits per heavy atom. The minimum Gasteiger partial charge on any atom is -0.381 e. The summed E-state index contributed by atoms with van der Waals surface area (Å²) in [6.07, 6.45) is 15.1. The van der Waals surface area contributed by atoms with E-state index >= 15 is 0 Å². The number of benzene rings is 2. The Kier molecular flexibility index (Phi) is 9.95. The van der Waals surface area contributed by atoms with E-state index in [9.17, 15) is 4.79 Å². The summed E-state index contributed by atoms with van der Waals surface area (Å²) in [4.78, 5) is 13.0. The number of hydrogen-bond donors (Lipinski definition) is 2. The van der Waals surface area contributed by atoms with Gasteiger partial charge >= 0.3 is 0 Å². The average molecular weight is 421 g/mol. The van der Waals surface area contributed by atoms with Gasteiger partial charge in [-0.15, -0.1) is 0 Å². The molecular weight excluding hydrogens is 380 g/mol. The SMILES string of the molecule is CCc1ccccc1NCc1cccc(C(=O)NC2CCCCCCCCCCC2)c1. The van der Waals surface area contributed by atoms with E-state index in [0.29, 0.717) is 6.04 Å². The molecule has 168 valence electrons. The van der Waals surface area contributed by atoms with Crippen LogP contribution in [0.15, 0.2) is 48.5 Å². The molecule has 2 aromatic carbocycles. The van der Waals surface area contributed by atoms with E-state index in [0.717, 1.165) is 36.9 Å². The number of carbonyl (C=O) groups is 1. The zero-order valence-corrected chi connectivity index (χ0v) is 19.3. The minimum absolute atomic E-state index is 0.0768. The number of carbonyl (C=O) groups excluding carboxylic acids is 1. The second kappa shape index (κ2) is 13.2. The van der Waals surface area contributed by atoms with Crippen molar-refractivity contribution in [2.45, 2.75) is 96.6 Å². The van der Waals surface area contributed by atoms with Crippen LogP contribution in [0.5, 0.6) is 0 Å². The van der Waals surface area contributed by atoms with Gasteiger partial charge in [0, 0.05) is 23.8 Å². The predicted molar refractivity (Wildman–Crippen MR) is 132 cm³/mol. The third kappa shape index (κ3) is 8.05. The quantitative estimate of drug-likeness (QED) is 0.516. The Morgan fingerprint density at radius 2 is 1.48 bits per heavy atom. The van der Waals surface area contributed by atoms with Crippen molar-refractivity contribution in [3.8, 4) is 0 Å². The van der Waals surface area contributed by atoms with Gasteiger partial charge in [-0.1, -0.05) is 95.0 Å². The van der Waals surface area contributed by atoms with Crippen LogP contribution in [0.2, 0.25) is 0 Å². The van der Waals surface area contributed by atoms with Crippen LogP contribution in [-0.2, 0) is 13.0 Å². The fourth-order valence-corrected chi connectivity index (χ4v) is 4.60. The number of amides is 1. The first-order valence-corrected chi connectivity index (χ1v) is 12.5. The topological polar surface area (TPSA) is 41.1 Å². The molecule has 1 amide bonds. The molecule has 2 N–H and O–H groups in total. The second-order valence-electron chi connectivity index (χ2n) is 8.99. The molecule has 1 saturated carbocycles. The van der Waals surface area contributed by atoms with Crippen molar-refractivity contribution in [1.82, 2.24) is 5.32 Å². The third-order valence-electron chi connectivity index (χ3n) is 6.51. The fraction of sp³-hybridized carbons (Fsp3) is 0.536. The van der Waals surface area contributed by atoms with Crippen LogP contribution in [-0.4, -0.2) is 11.9 Å². The maximum Gasteiger partial charge on any atom is 0.251 e. The van der Waals surface area contributed by atoms with Crippen molar-refractivity contribution in [2.75, 3.05) is 5.32 Å². The molecule has 3 heteroatoms. The number of para-hydroxylation sites is 1. The van der Waals surface area contributed by atoms with E-state index in [4.69, 9.17) is 0 Å².